The van der Waals surface area contributed by atoms with E-state index in [1.807, 2.05) is 32.0 Å². The van der Waals surface area contributed by atoms with E-state index in [1.54, 1.807) is 7.11 Å². The summed E-state index contributed by atoms with van der Waals surface area (Å²) in [6, 6.07) is 5.76. The number of benzene rings is 1. The molecule has 1 aromatic rings. The number of nitrogens with zero attached hydrogens (tertiary/aromatic N) is 1. The van der Waals surface area contributed by atoms with Crippen LogP contribution in [0, 0.1) is 13.8 Å². The molecule has 0 aliphatic carbocycles. The number of carbonyl (C=O) groups excluding carboxylic acids is 2. The van der Waals surface area contributed by atoms with Gasteiger partial charge in [0.15, 0.2) is 0 Å². The number of nitrogens with one attached hydrogen (secondary N) is 1. The van der Waals surface area contributed by atoms with Gasteiger partial charge in [-0.1, -0.05) is 6.07 Å². The van der Waals surface area contributed by atoms with Crippen LogP contribution in [0.3, 0.4) is 0 Å². The normalized spacial score (nSPS) is 10.3. The standard InChI is InChI=1S/C16H24N2O3/c1-12-6-7-15(10-13(12)2)17-16(20)11-18(14(3)19)8-5-9-21-4/h6-7,10H,5,8-9,11H2,1-4H3,(H,17,20). The lowest BCUT2D eigenvalue weighted by molar-refractivity contribution is -0.132. The van der Waals surface area contributed by atoms with Gasteiger partial charge in [0.1, 0.15) is 0 Å². The van der Waals surface area contributed by atoms with E-state index in [2.05, 4.69) is 5.32 Å². The van der Waals surface area contributed by atoms with Gasteiger partial charge in [-0.15, -0.1) is 0 Å². The quantitative estimate of drug-likeness (QED) is 0.783. The fraction of sp³-hybridized carbons (Fsp3) is 0.500. The number of aryl methyl sites for hydroxylation is 2. The van der Waals surface area contributed by atoms with Crippen LogP contribution in [-0.2, 0) is 14.3 Å². The molecule has 1 aromatic carbocycles. The highest BCUT2D eigenvalue weighted by Gasteiger charge is 2.13. The Bertz CT molecular complexity index is 500. The van der Waals surface area contributed by atoms with Gasteiger partial charge in [0.05, 0.1) is 6.54 Å². The second kappa shape index (κ2) is 8.42. The first-order valence-corrected chi connectivity index (χ1v) is 7.05. The molecule has 0 aliphatic rings. The first-order valence-electron chi connectivity index (χ1n) is 7.05. The summed E-state index contributed by atoms with van der Waals surface area (Å²) in [6.07, 6.45) is 0.715. The van der Waals surface area contributed by atoms with E-state index in [0.29, 0.717) is 19.6 Å². The van der Waals surface area contributed by atoms with Crippen LogP contribution in [-0.4, -0.2) is 43.5 Å². The molecule has 0 aromatic heterocycles. The molecule has 0 radical (unpaired) electrons. The Hall–Kier alpha value is -1.88. The maximum Gasteiger partial charge on any atom is 0.243 e. The van der Waals surface area contributed by atoms with Crippen LogP contribution in [0.5, 0.6) is 0 Å². The molecule has 1 N–H and O–H groups in total. The predicted molar refractivity (Wildman–Crippen MR) is 83.3 cm³/mol. The Kier molecular flexibility index (Phi) is 6.88. The van der Waals surface area contributed by atoms with Crippen molar-refractivity contribution in [2.75, 3.05) is 32.1 Å². The fourth-order valence-corrected chi connectivity index (χ4v) is 1.94. The number of ether oxygens (including phenoxy) is 1. The Morgan fingerprint density at radius 3 is 2.52 bits per heavy atom. The summed E-state index contributed by atoms with van der Waals surface area (Å²) in [7, 11) is 1.62. The number of hydrogen-bond donors (Lipinski definition) is 1. The van der Waals surface area contributed by atoms with E-state index in [9.17, 15) is 9.59 Å². The highest BCUT2D eigenvalue weighted by molar-refractivity contribution is 5.94. The Balaban J connectivity index is 2.56. The molecule has 0 unspecified atom stereocenters. The molecule has 0 fully saturated rings. The summed E-state index contributed by atoms with van der Waals surface area (Å²) in [5.74, 6) is -0.299. The number of methoxy groups -OCH3 is 1. The van der Waals surface area contributed by atoms with Crippen molar-refractivity contribution in [2.45, 2.75) is 27.2 Å². The molecule has 0 atom stereocenters. The van der Waals surface area contributed by atoms with Crippen LogP contribution in [0.4, 0.5) is 5.69 Å². The van der Waals surface area contributed by atoms with Crippen molar-refractivity contribution in [3.8, 4) is 0 Å². The molecular formula is C16H24N2O3. The van der Waals surface area contributed by atoms with Gasteiger partial charge in [-0.2, -0.15) is 0 Å². The zero-order valence-corrected chi connectivity index (χ0v) is 13.2. The van der Waals surface area contributed by atoms with Crippen LogP contribution in [0.15, 0.2) is 18.2 Å². The van der Waals surface area contributed by atoms with Crippen molar-refractivity contribution < 1.29 is 14.3 Å². The van der Waals surface area contributed by atoms with E-state index < -0.39 is 0 Å². The number of amides is 2. The van der Waals surface area contributed by atoms with Gasteiger partial charge in [-0.05, 0) is 43.5 Å². The molecular weight excluding hydrogens is 268 g/mol. The van der Waals surface area contributed by atoms with Crippen LogP contribution < -0.4 is 5.32 Å². The number of rotatable bonds is 7. The minimum atomic E-state index is -0.189. The average molecular weight is 292 g/mol. The number of carbonyl (C=O) groups is 2. The van der Waals surface area contributed by atoms with Crippen molar-refractivity contribution in [1.82, 2.24) is 4.90 Å². The van der Waals surface area contributed by atoms with Gasteiger partial charge in [0.25, 0.3) is 0 Å². The highest BCUT2D eigenvalue weighted by Crippen LogP contribution is 2.14. The number of anilines is 1. The second-order valence-corrected chi connectivity index (χ2v) is 5.13. The van der Waals surface area contributed by atoms with Gasteiger partial charge in [0, 0.05) is 32.9 Å². The topological polar surface area (TPSA) is 58.6 Å². The molecule has 116 valence electrons. The zero-order chi connectivity index (χ0) is 15.8. The molecule has 0 heterocycles. The zero-order valence-electron chi connectivity index (χ0n) is 13.2. The van der Waals surface area contributed by atoms with Crippen LogP contribution in [0.2, 0.25) is 0 Å². The molecule has 5 nitrogen and oxygen atoms in total. The van der Waals surface area contributed by atoms with Gasteiger partial charge in [0.2, 0.25) is 11.8 Å². The largest absolute Gasteiger partial charge is 0.385 e. The van der Waals surface area contributed by atoms with E-state index in [-0.39, 0.29) is 18.4 Å². The SMILES string of the molecule is COCCCN(CC(=O)Nc1ccc(C)c(C)c1)C(C)=O. The predicted octanol–water partition coefficient (Wildman–Crippen LogP) is 2.13. The van der Waals surface area contributed by atoms with E-state index in [4.69, 9.17) is 4.74 Å². The summed E-state index contributed by atoms with van der Waals surface area (Å²) >= 11 is 0. The van der Waals surface area contributed by atoms with Crippen LogP contribution >= 0.6 is 0 Å². The Morgan fingerprint density at radius 1 is 1.24 bits per heavy atom. The third-order valence-electron chi connectivity index (χ3n) is 3.35. The Labute approximate surface area is 126 Å². The molecule has 0 bridgehead atoms. The highest BCUT2D eigenvalue weighted by atomic mass is 16.5. The Morgan fingerprint density at radius 2 is 1.95 bits per heavy atom. The molecule has 21 heavy (non-hydrogen) atoms. The summed E-state index contributed by atoms with van der Waals surface area (Å²) in [5.41, 5.74) is 3.05. The third-order valence-corrected chi connectivity index (χ3v) is 3.35. The van der Waals surface area contributed by atoms with Gasteiger partial charge in [-0.25, -0.2) is 0 Å². The molecule has 0 saturated heterocycles. The number of hydrogen-bond acceptors (Lipinski definition) is 3. The van der Waals surface area contributed by atoms with Crippen molar-refractivity contribution >= 4 is 17.5 Å². The fourth-order valence-electron chi connectivity index (χ4n) is 1.94. The van der Waals surface area contributed by atoms with Crippen molar-refractivity contribution in [3.05, 3.63) is 29.3 Å². The third kappa shape index (κ3) is 5.95. The smallest absolute Gasteiger partial charge is 0.243 e. The van der Waals surface area contributed by atoms with Gasteiger partial charge in [-0.3, -0.25) is 9.59 Å². The van der Waals surface area contributed by atoms with Crippen molar-refractivity contribution in [3.63, 3.8) is 0 Å². The molecule has 5 heteroatoms. The minimum absolute atomic E-state index is 0.0615. The van der Waals surface area contributed by atoms with E-state index >= 15 is 0 Å². The van der Waals surface area contributed by atoms with Crippen LogP contribution in [0.25, 0.3) is 0 Å². The second-order valence-electron chi connectivity index (χ2n) is 5.13. The van der Waals surface area contributed by atoms with E-state index in [1.165, 1.54) is 17.4 Å². The maximum absolute atomic E-state index is 12.0. The lowest BCUT2D eigenvalue weighted by Gasteiger charge is -2.20. The van der Waals surface area contributed by atoms with Crippen molar-refractivity contribution in [2.24, 2.45) is 0 Å². The van der Waals surface area contributed by atoms with Gasteiger partial charge < -0.3 is 15.0 Å². The first kappa shape index (κ1) is 17.2. The lowest BCUT2D eigenvalue weighted by Crippen LogP contribution is -2.37. The molecule has 1 rings (SSSR count). The summed E-state index contributed by atoms with van der Waals surface area (Å²) < 4.78 is 4.96. The molecule has 2 amide bonds. The monoisotopic (exact) mass is 292 g/mol. The first-order chi connectivity index (χ1) is 9.93. The van der Waals surface area contributed by atoms with E-state index in [0.717, 1.165) is 11.3 Å². The van der Waals surface area contributed by atoms with Crippen molar-refractivity contribution in [1.29, 1.82) is 0 Å². The van der Waals surface area contributed by atoms with Crippen LogP contribution in [0.1, 0.15) is 24.5 Å². The minimum Gasteiger partial charge on any atom is -0.385 e. The summed E-state index contributed by atoms with van der Waals surface area (Å²) in [4.78, 5) is 25.1. The van der Waals surface area contributed by atoms with Gasteiger partial charge >= 0.3 is 0 Å². The maximum atomic E-state index is 12.0. The molecule has 0 aliphatic heterocycles. The summed E-state index contributed by atoms with van der Waals surface area (Å²) in [6.45, 7) is 6.64. The lowest BCUT2D eigenvalue weighted by atomic mass is 10.1. The summed E-state index contributed by atoms with van der Waals surface area (Å²) in [5, 5.41) is 2.82. The molecule has 0 spiro atoms. The average Bonchev–Trinajstić information content (AvgIpc) is 2.42. The molecule has 0 saturated carbocycles.